The Morgan fingerprint density at radius 1 is 1.21 bits per heavy atom. The fourth-order valence-electron chi connectivity index (χ4n) is 5.35. The number of nitrogens with zero attached hydrogens (tertiary/aromatic N) is 3. The highest BCUT2D eigenvalue weighted by molar-refractivity contribution is 5.94. The minimum atomic E-state index is 0.117. The van der Waals surface area contributed by atoms with Crippen molar-refractivity contribution in [2.75, 3.05) is 39.5 Å². The molecule has 1 amide bonds. The van der Waals surface area contributed by atoms with Crippen molar-refractivity contribution in [2.45, 2.75) is 63.1 Å². The van der Waals surface area contributed by atoms with Crippen LogP contribution in [0.2, 0.25) is 0 Å². The standard InChI is InChI=1S/C23H33N3O3/c1-17-2-5-19(14-24-17)22(27)25-10-6-20(7-11-25)26-15-21(29-16-18-3-4-18)23(26)8-12-28-13-9-23/h2,5,14,18,20-21H,3-4,6-13,15-16H2,1H3. The first-order valence-electron chi connectivity index (χ1n) is 11.3. The topological polar surface area (TPSA) is 54.9 Å². The molecule has 1 aromatic rings. The first-order valence-corrected chi connectivity index (χ1v) is 11.3. The van der Waals surface area contributed by atoms with E-state index in [-0.39, 0.29) is 11.4 Å². The minimum absolute atomic E-state index is 0.117. The van der Waals surface area contributed by atoms with Crippen LogP contribution in [0.15, 0.2) is 18.3 Å². The van der Waals surface area contributed by atoms with Gasteiger partial charge in [-0.3, -0.25) is 14.7 Å². The summed E-state index contributed by atoms with van der Waals surface area (Å²) in [4.78, 5) is 21.8. The molecule has 1 atom stereocenters. The molecule has 0 N–H and O–H groups in total. The molecule has 1 saturated carbocycles. The molecular formula is C23H33N3O3. The van der Waals surface area contributed by atoms with Crippen LogP contribution in [-0.4, -0.2) is 77.8 Å². The van der Waals surface area contributed by atoms with Crippen molar-refractivity contribution in [3.8, 4) is 0 Å². The number of carbonyl (C=O) groups is 1. The number of aromatic nitrogens is 1. The third kappa shape index (κ3) is 3.82. The molecule has 1 aliphatic carbocycles. The van der Waals surface area contributed by atoms with E-state index in [1.54, 1.807) is 6.20 Å². The van der Waals surface area contributed by atoms with Gasteiger partial charge in [0.05, 0.1) is 17.2 Å². The summed E-state index contributed by atoms with van der Waals surface area (Å²) < 4.78 is 12.1. The molecule has 6 nitrogen and oxygen atoms in total. The highest BCUT2D eigenvalue weighted by atomic mass is 16.5. The van der Waals surface area contributed by atoms with Crippen molar-refractivity contribution in [1.82, 2.24) is 14.8 Å². The average molecular weight is 400 g/mol. The number of carbonyl (C=O) groups excluding carboxylic acids is 1. The maximum absolute atomic E-state index is 12.8. The fourth-order valence-corrected chi connectivity index (χ4v) is 5.35. The lowest BCUT2D eigenvalue weighted by atomic mass is 9.73. The van der Waals surface area contributed by atoms with Crippen LogP contribution in [0.1, 0.15) is 54.6 Å². The lowest BCUT2D eigenvalue weighted by molar-refractivity contribution is -0.217. The number of rotatable bonds is 5. The van der Waals surface area contributed by atoms with E-state index in [4.69, 9.17) is 9.47 Å². The van der Waals surface area contributed by atoms with Crippen LogP contribution < -0.4 is 0 Å². The van der Waals surface area contributed by atoms with Gasteiger partial charge in [-0.1, -0.05) is 0 Å². The van der Waals surface area contributed by atoms with Crippen molar-refractivity contribution in [2.24, 2.45) is 5.92 Å². The zero-order valence-corrected chi connectivity index (χ0v) is 17.5. The van der Waals surface area contributed by atoms with Crippen LogP contribution in [-0.2, 0) is 9.47 Å². The average Bonchev–Trinajstić information content (AvgIpc) is 3.58. The molecule has 3 saturated heterocycles. The van der Waals surface area contributed by atoms with Crippen molar-refractivity contribution in [3.63, 3.8) is 0 Å². The van der Waals surface area contributed by atoms with E-state index >= 15 is 0 Å². The summed E-state index contributed by atoms with van der Waals surface area (Å²) >= 11 is 0. The van der Waals surface area contributed by atoms with Crippen LogP contribution in [0.3, 0.4) is 0 Å². The Balaban J connectivity index is 1.19. The lowest BCUT2D eigenvalue weighted by Gasteiger charge is -2.63. The molecule has 1 aromatic heterocycles. The summed E-state index contributed by atoms with van der Waals surface area (Å²) in [5, 5.41) is 0. The van der Waals surface area contributed by atoms with Crippen molar-refractivity contribution in [3.05, 3.63) is 29.6 Å². The van der Waals surface area contributed by atoms with Gasteiger partial charge in [-0.2, -0.15) is 0 Å². The maximum Gasteiger partial charge on any atom is 0.255 e. The van der Waals surface area contributed by atoms with Crippen LogP contribution in [0, 0.1) is 12.8 Å². The number of aryl methyl sites for hydroxylation is 1. The predicted octanol–water partition coefficient (Wildman–Crippen LogP) is 2.65. The SMILES string of the molecule is Cc1ccc(C(=O)N2CCC(N3CC(OCC4CC4)C34CCOCC4)CC2)cn1. The van der Waals surface area contributed by atoms with E-state index in [0.717, 1.165) is 76.8 Å². The third-order valence-electron chi connectivity index (χ3n) is 7.47. The van der Waals surface area contributed by atoms with E-state index in [9.17, 15) is 4.79 Å². The van der Waals surface area contributed by atoms with Gasteiger partial charge in [0.15, 0.2) is 0 Å². The largest absolute Gasteiger partial charge is 0.381 e. The molecule has 0 radical (unpaired) electrons. The number of amides is 1. The molecule has 0 bridgehead atoms. The first kappa shape index (κ1) is 19.5. The van der Waals surface area contributed by atoms with Crippen molar-refractivity contribution >= 4 is 5.91 Å². The molecule has 3 aliphatic heterocycles. The van der Waals surface area contributed by atoms with Gasteiger partial charge < -0.3 is 14.4 Å². The van der Waals surface area contributed by atoms with Gasteiger partial charge in [-0.05, 0) is 63.5 Å². The number of likely N-dealkylation sites (tertiary alicyclic amines) is 2. The second-order valence-corrected chi connectivity index (χ2v) is 9.35. The molecule has 6 heteroatoms. The zero-order chi connectivity index (χ0) is 19.8. The Bertz CT molecular complexity index is 719. The molecule has 1 spiro atoms. The lowest BCUT2D eigenvalue weighted by Crippen LogP contribution is -2.76. The quantitative estimate of drug-likeness (QED) is 0.762. The Labute approximate surface area is 173 Å². The highest BCUT2D eigenvalue weighted by Crippen LogP contribution is 2.45. The minimum Gasteiger partial charge on any atom is -0.381 e. The van der Waals surface area contributed by atoms with Gasteiger partial charge in [-0.15, -0.1) is 0 Å². The number of hydrogen-bond acceptors (Lipinski definition) is 5. The summed E-state index contributed by atoms with van der Waals surface area (Å²) in [5.41, 5.74) is 1.82. The Morgan fingerprint density at radius 3 is 2.62 bits per heavy atom. The van der Waals surface area contributed by atoms with Gasteiger partial charge in [0.2, 0.25) is 0 Å². The third-order valence-corrected chi connectivity index (χ3v) is 7.47. The number of pyridine rings is 1. The first-order chi connectivity index (χ1) is 14.2. The molecule has 29 heavy (non-hydrogen) atoms. The molecule has 4 aliphatic rings. The van der Waals surface area contributed by atoms with E-state index in [0.29, 0.717) is 17.7 Å². The smallest absolute Gasteiger partial charge is 0.255 e. The van der Waals surface area contributed by atoms with Crippen LogP contribution >= 0.6 is 0 Å². The molecule has 0 aromatic carbocycles. The maximum atomic E-state index is 12.8. The monoisotopic (exact) mass is 399 g/mol. The van der Waals surface area contributed by atoms with Crippen LogP contribution in [0.25, 0.3) is 0 Å². The van der Waals surface area contributed by atoms with E-state index in [1.807, 2.05) is 24.0 Å². The fraction of sp³-hybridized carbons (Fsp3) is 0.739. The second kappa shape index (κ2) is 7.97. The predicted molar refractivity (Wildman–Crippen MR) is 110 cm³/mol. The molecule has 4 fully saturated rings. The van der Waals surface area contributed by atoms with Crippen molar-refractivity contribution in [1.29, 1.82) is 0 Å². The summed E-state index contributed by atoms with van der Waals surface area (Å²) in [6.45, 7) is 7.28. The summed E-state index contributed by atoms with van der Waals surface area (Å²) in [6.07, 6.45) is 9.01. The summed E-state index contributed by atoms with van der Waals surface area (Å²) in [7, 11) is 0. The normalized spacial score (nSPS) is 27.8. The van der Waals surface area contributed by atoms with E-state index in [1.165, 1.54) is 12.8 Å². The van der Waals surface area contributed by atoms with Crippen molar-refractivity contribution < 1.29 is 14.3 Å². The van der Waals surface area contributed by atoms with Gasteiger partial charge in [0.1, 0.15) is 0 Å². The summed E-state index contributed by atoms with van der Waals surface area (Å²) in [6, 6.07) is 4.36. The number of ether oxygens (including phenoxy) is 2. The highest BCUT2D eigenvalue weighted by Gasteiger charge is 2.57. The molecule has 4 heterocycles. The molecular weight excluding hydrogens is 366 g/mol. The molecule has 5 rings (SSSR count). The Hall–Kier alpha value is -1.50. The molecule has 1 unspecified atom stereocenters. The Morgan fingerprint density at radius 2 is 1.97 bits per heavy atom. The van der Waals surface area contributed by atoms with Crippen LogP contribution in [0.5, 0.6) is 0 Å². The van der Waals surface area contributed by atoms with Gasteiger partial charge in [0, 0.05) is 57.4 Å². The van der Waals surface area contributed by atoms with Gasteiger partial charge in [0.25, 0.3) is 5.91 Å². The number of hydrogen-bond donors (Lipinski definition) is 0. The van der Waals surface area contributed by atoms with Gasteiger partial charge >= 0.3 is 0 Å². The summed E-state index contributed by atoms with van der Waals surface area (Å²) in [5.74, 6) is 0.928. The Kier molecular flexibility index (Phi) is 5.35. The second-order valence-electron chi connectivity index (χ2n) is 9.35. The zero-order valence-electron chi connectivity index (χ0n) is 17.5. The van der Waals surface area contributed by atoms with E-state index < -0.39 is 0 Å². The van der Waals surface area contributed by atoms with Crippen LogP contribution in [0.4, 0.5) is 0 Å². The molecule has 158 valence electrons. The van der Waals surface area contributed by atoms with E-state index in [2.05, 4.69) is 9.88 Å². The number of piperidine rings is 1. The van der Waals surface area contributed by atoms with Gasteiger partial charge in [-0.25, -0.2) is 0 Å².